The van der Waals surface area contributed by atoms with Crippen LogP contribution < -0.4 is 4.74 Å². The van der Waals surface area contributed by atoms with Crippen LogP contribution in [0.25, 0.3) is 0 Å². The zero-order valence-corrected chi connectivity index (χ0v) is 16.6. The molecular formula is C22H27F2NO3. The summed E-state index contributed by atoms with van der Waals surface area (Å²) in [6, 6.07) is 3.68. The Bertz CT molecular complexity index is 819. The summed E-state index contributed by atoms with van der Waals surface area (Å²) in [6.07, 6.45) is 5.95. The highest BCUT2D eigenvalue weighted by molar-refractivity contribution is 5.45. The number of aromatic nitrogens is 1. The SMILES string of the molecule is COCOc1ccc(Cc2c(C)c(F)c(O)c(F)c2C)nc1C1CCCCC1. The fraction of sp³-hybridized carbons (Fsp3) is 0.500. The van der Waals surface area contributed by atoms with Gasteiger partial charge in [-0.1, -0.05) is 19.3 Å². The largest absolute Gasteiger partial charge is 0.503 e. The molecule has 0 aliphatic heterocycles. The lowest BCUT2D eigenvalue weighted by Gasteiger charge is -2.24. The smallest absolute Gasteiger partial charge is 0.188 e. The Labute approximate surface area is 164 Å². The highest BCUT2D eigenvalue weighted by Crippen LogP contribution is 2.37. The summed E-state index contributed by atoms with van der Waals surface area (Å²) in [7, 11) is 1.57. The third kappa shape index (κ3) is 4.12. The third-order valence-corrected chi connectivity index (χ3v) is 5.61. The maximum Gasteiger partial charge on any atom is 0.188 e. The van der Waals surface area contributed by atoms with E-state index in [2.05, 4.69) is 0 Å². The molecule has 3 rings (SSSR count). The van der Waals surface area contributed by atoms with Gasteiger partial charge in [0.2, 0.25) is 0 Å². The molecule has 1 fully saturated rings. The number of ether oxygens (including phenoxy) is 2. The third-order valence-electron chi connectivity index (χ3n) is 5.61. The molecule has 0 unspecified atom stereocenters. The van der Waals surface area contributed by atoms with Crippen molar-refractivity contribution in [2.75, 3.05) is 13.9 Å². The van der Waals surface area contributed by atoms with Crippen molar-refractivity contribution in [3.63, 3.8) is 0 Å². The number of aromatic hydroxyl groups is 1. The average molecular weight is 391 g/mol. The first-order chi connectivity index (χ1) is 13.4. The Morgan fingerprint density at radius 3 is 2.32 bits per heavy atom. The number of phenols is 1. The number of benzene rings is 1. The molecular weight excluding hydrogens is 364 g/mol. The van der Waals surface area contributed by atoms with Gasteiger partial charge in [0.15, 0.2) is 24.2 Å². The van der Waals surface area contributed by atoms with Crippen molar-refractivity contribution in [1.29, 1.82) is 0 Å². The highest BCUT2D eigenvalue weighted by Gasteiger charge is 2.23. The molecule has 1 N–H and O–H groups in total. The van der Waals surface area contributed by atoms with Crippen molar-refractivity contribution in [2.45, 2.75) is 58.3 Å². The molecule has 0 bridgehead atoms. The van der Waals surface area contributed by atoms with Gasteiger partial charge in [0.05, 0.1) is 5.69 Å². The van der Waals surface area contributed by atoms with Crippen LogP contribution in [-0.4, -0.2) is 24.0 Å². The number of phenolic OH excluding ortho intramolecular Hbond substituents is 1. The van der Waals surface area contributed by atoms with Crippen molar-refractivity contribution >= 4 is 0 Å². The Morgan fingerprint density at radius 2 is 1.71 bits per heavy atom. The van der Waals surface area contributed by atoms with Crippen LogP contribution in [0.2, 0.25) is 0 Å². The van der Waals surface area contributed by atoms with Gasteiger partial charge in [0.25, 0.3) is 0 Å². The molecule has 0 radical (unpaired) electrons. The van der Waals surface area contributed by atoms with Crippen molar-refractivity contribution in [3.8, 4) is 11.5 Å². The Balaban J connectivity index is 1.97. The van der Waals surface area contributed by atoms with E-state index >= 15 is 0 Å². The van der Waals surface area contributed by atoms with Crippen molar-refractivity contribution in [3.05, 3.63) is 51.8 Å². The summed E-state index contributed by atoms with van der Waals surface area (Å²) >= 11 is 0. The molecule has 2 aromatic rings. The van der Waals surface area contributed by atoms with Gasteiger partial charge in [0.1, 0.15) is 5.75 Å². The van der Waals surface area contributed by atoms with Gasteiger partial charge in [0, 0.05) is 25.1 Å². The first-order valence-electron chi connectivity index (χ1n) is 9.71. The molecule has 0 amide bonds. The van der Waals surface area contributed by atoms with Crippen LogP contribution in [-0.2, 0) is 11.2 Å². The minimum atomic E-state index is -0.919. The zero-order valence-electron chi connectivity index (χ0n) is 16.6. The molecule has 1 heterocycles. The summed E-state index contributed by atoms with van der Waals surface area (Å²) < 4.78 is 39.1. The van der Waals surface area contributed by atoms with Gasteiger partial charge in [-0.25, -0.2) is 8.78 Å². The predicted molar refractivity (Wildman–Crippen MR) is 103 cm³/mol. The van der Waals surface area contributed by atoms with Gasteiger partial charge in [-0.15, -0.1) is 0 Å². The number of rotatable bonds is 6. The summed E-state index contributed by atoms with van der Waals surface area (Å²) in [5, 5.41) is 9.60. The summed E-state index contributed by atoms with van der Waals surface area (Å²) in [5.41, 5.74) is 2.63. The van der Waals surface area contributed by atoms with Crippen LogP contribution in [0.3, 0.4) is 0 Å². The van der Waals surface area contributed by atoms with Crippen LogP contribution >= 0.6 is 0 Å². The Hall–Kier alpha value is -2.21. The molecule has 4 nitrogen and oxygen atoms in total. The first-order valence-corrected chi connectivity index (χ1v) is 9.71. The van der Waals surface area contributed by atoms with E-state index in [1.165, 1.54) is 6.42 Å². The minimum Gasteiger partial charge on any atom is -0.503 e. The number of nitrogens with zero attached hydrogens (tertiary/aromatic N) is 1. The van der Waals surface area contributed by atoms with E-state index in [1.54, 1.807) is 21.0 Å². The molecule has 152 valence electrons. The van der Waals surface area contributed by atoms with Crippen LogP contribution in [0.15, 0.2) is 12.1 Å². The Morgan fingerprint density at radius 1 is 1.07 bits per heavy atom. The molecule has 1 saturated carbocycles. The first kappa shape index (κ1) is 20.5. The van der Waals surface area contributed by atoms with Gasteiger partial charge < -0.3 is 14.6 Å². The summed E-state index contributed by atoms with van der Waals surface area (Å²) in [5.74, 6) is -1.72. The van der Waals surface area contributed by atoms with Crippen molar-refractivity contribution < 1.29 is 23.4 Å². The highest BCUT2D eigenvalue weighted by atomic mass is 19.1. The van der Waals surface area contributed by atoms with Crippen molar-refractivity contribution in [1.82, 2.24) is 4.98 Å². The Kier molecular flexibility index (Phi) is 6.50. The molecule has 6 heteroatoms. The molecule has 1 aromatic heterocycles. The number of methoxy groups -OCH3 is 1. The summed E-state index contributed by atoms with van der Waals surface area (Å²) in [6.45, 7) is 3.25. The molecule has 1 aliphatic carbocycles. The van der Waals surface area contributed by atoms with Gasteiger partial charge >= 0.3 is 0 Å². The van der Waals surface area contributed by atoms with Crippen LogP contribution in [0.4, 0.5) is 8.78 Å². The lowest BCUT2D eigenvalue weighted by Crippen LogP contribution is -2.12. The van der Waals surface area contributed by atoms with E-state index in [1.807, 2.05) is 12.1 Å². The fourth-order valence-corrected chi connectivity index (χ4v) is 3.96. The molecule has 1 aliphatic rings. The summed E-state index contributed by atoms with van der Waals surface area (Å²) in [4.78, 5) is 4.82. The molecule has 0 spiro atoms. The second-order valence-electron chi connectivity index (χ2n) is 7.45. The van der Waals surface area contributed by atoms with Crippen LogP contribution in [0.5, 0.6) is 11.5 Å². The maximum absolute atomic E-state index is 14.2. The molecule has 28 heavy (non-hydrogen) atoms. The lowest BCUT2D eigenvalue weighted by molar-refractivity contribution is 0.0496. The fourth-order valence-electron chi connectivity index (χ4n) is 3.96. The van der Waals surface area contributed by atoms with E-state index in [-0.39, 0.29) is 24.3 Å². The topological polar surface area (TPSA) is 51.6 Å². The zero-order chi connectivity index (χ0) is 20.3. The second kappa shape index (κ2) is 8.86. The van der Waals surface area contributed by atoms with Gasteiger partial charge in [-0.3, -0.25) is 4.98 Å². The van der Waals surface area contributed by atoms with E-state index in [0.717, 1.165) is 37.1 Å². The predicted octanol–water partition coefficient (Wildman–Crippen LogP) is 5.30. The van der Waals surface area contributed by atoms with Crippen LogP contribution in [0, 0.1) is 25.5 Å². The van der Waals surface area contributed by atoms with Crippen molar-refractivity contribution in [2.24, 2.45) is 0 Å². The van der Waals surface area contributed by atoms with E-state index in [9.17, 15) is 13.9 Å². The van der Waals surface area contributed by atoms with E-state index < -0.39 is 17.4 Å². The average Bonchev–Trinajstić information content (AvgIpc) is 2.73. The number of pyridine rings is 1. The number of hydrogen-bond donors (Lipinski definition) is 1. The van der Waals surface area contributed by atoms with E-state index in [4.69, 9.17) is 14.5 Å². The molecule has 1 aromatic carbocycles. The normalized spacial score (nSPS) is 15.0. The molecule has 0 saturated heterocycles. The maximum atomic E-state index is 14.2. The second-order valence-corrected chi connectivity index (χ2v) is 7.45. The molecule has 0 atom stereocenters. The van der Waals surface area contributed by atoms with E-state index in [0.29, 0.717) is 17.2 Å². The van der Waals surface area contributed by atoms with Crippen LogP contribution in [0.1, 0.15) is 66.1 Å². The monoisotopic (exact) mass is 391 g/mol. The lowest BCUT2D eigenvalue weighted by atomic mass is 9.86. The van der Waals surface area contributed by atoms with Gasteiger partial charge in [-0.2, -0.15) is 0 Å². The number of halogens is 2. The number of hydrogen-bond acceptors (Lipinski definition) is 4. The minimum absolute atomic E-state index is 0.146. The van der Waals surface area contributed by atoms with Gasteiger partial charge in [-0.05, 0) is 55.5 Å². The quantitative estimate of drug-likeness (QED) is 0.679. The standard InChI is InChI=1S/C22H27F2NO3/c1-13-17(14(2)20(24)22(26)19(13)23)11-16-9-10-18(28-12-27-3)21(25-16)15-7-5-4-6-8-15/h9-10,15,26H,4-8,11-12H2,1-3H3.